The Morgan fingerprint density at radius 3 is 1.23 bits per heavy atom. The molecule has 0 aromatic rings. The Hall–Kier alpha value is -2.29. The quantitative estimate of drug-likeness (QED) is 0.0195. The van der Waals surface area contributed by atoms with E-state index in [2.05, 4.69) is 74.6 Å². The van der Waals surface area contributed by atoms with Crippen LogP contribution in [-0.2, 0) is 32.7 Å². The molecular formula is C60H110NO8P. The fourth-order valence-corrected chi connectivity index (χ4v) is 8.78. The van der Waals surface area contributed by atoms with Crippen molar-refractivity contribution < 1.29 is 42.1 Å². The van der Waals surface area contributed by atoms with Crippen LogP contribution in [0.25, 0.3) is 0 Å². The minimum absolute atomic E-state index is 0.0330. The molecule has 9 nitrogen and oxygen atoms in total. The molecule has 0 aliphatic carbocycles. The van der Waals surface area contributed by atoms with Crippen LogP contribution in [0.4, 0.5) is 0 Å². The third-order valence-corrected chi connectivity index (χ3v) is 13.5. The number of phosphoric acid groups is 1. The molecule has 0 aromatic heterocycles. The van der Waals surface area contributed by atoms with Crippen LogP contribution >= 0.6 is 7.82 Å². The molecule has 0 aliphatic heterocycles. The van der Waals surface area contributed by atoms with Gasteiger partial charge in [-0.2, -0.15) is 0 Å². The third-order valence-electron chi connectivity index (χ3n) is 12.5. The molecule has 0 spiro atoms. The van der Waals surface area contributed by atoms with Crippen LogP contribution in [-0.4, -0.2) is 70.0 Å². The summed E-state index contributed by atoms with van der Waals surface area (Å²) in [6.07, 6.45) is 65.4. The van der Waals surface area contributed by atoms with Gasteiger partial charge in [0.2, 0.25) is 0 Å². The Morgan fingerprint density at radius 2 is 0.814 bits per heavy atom. The average molecular weight is 1000 g/mol. The number of phosphoric ester groups is 1. The van der Waals surface area contributed by atoms with Gasteiger partial charge < -0.3 is 27.9 Å². The summed E-state index contributed by atoms with van der Waals surface area (Å²) in [7, 11) is 1.16. The molecular weight excluding hydrogens is 894 g/mol. The van der Waals surface area contributed by atoms with E-state index in [0.717, 1.165) is 70.6 Å². The van der Waals surface area contributed by atoms with Crippen molar-refractivity contribution in [3.05, 3.63) is 60.8 Å². The van der Waals surface area contributed by atoms with Gasteiger partial charge in [0.25, 0.3) is 7.82 Å². The van der Waals surface area contributed by atoms with E-state index < -0.39 is 26.5 Å². The van der Waals surface area contributed by atoms with Crippen molar-refractivity contribution in [1.82, 2.24) is 0 Å². The molecule has 0 fully saturated rings. The van der Waals surface area contributed by atoms with Crippen LogP contribution in [0.2, 0.25) is 0 Å². The number of carbonyl (C=O) groups excluding carboxylic acids is 2. The van der Waals surface area contributed by atoms with Crippen molar-refractivity contribution in [2.75, 3.05) is 47.5 Å². The summed E-state index contributed by atoms with van der Waals surface area (Å²) in [5.74, 6) is -0.833. The molecule has 0 heterocycles. The van der Waals surface area contributed by atoms with E-state index in [1.807, 2.05) is 21.1 Å². The second kappa shape index (κ2) is 51.6. The van der Waals surface area contributed by atoms with E-state index in [0.29, 0.717) is 17.4 Å². The lowest BCUT2D eigenvalue weighted by molar-refractivity contribution is -0.870. The summed E-state index contributed by atoms with van der Waals surface area (Å²) in [6, 6.07) is 0. The van der Waals surface area contributed by atoms with Gasteiger partial charge in [-0.25, -0.2) is 0 Å². The van der Waals surface area contributed by atoms with E-state index in [9.17, 15) is 19.0 Å². The van der Waals surface area contributed by atoms with Crippen molar-refractivity contribution in [3.8, 4) is 0 Å². The maximum absolute atomic E-state index is 12.8. The summed E-state index contributed by atoms with van der Waals surface area (Å²) < 4.78 is 34.2. The fourth-order valence-electron chi connectivity index (χ4n) is 8.05. The zero-order valence-electron chi connectivity index (χ0n) is 46.2. The molecule has 2 unspecified atom stereocenters. The van der Waals surface area contributed by atoms with Crippen LogP contribution in [0.3, 0.4) is 0 Å². The fraction of sp³-hybridized carbons (Fsp3) is 0.800. The number of hydrogen-bond acceptors (Lipinski definition) is 8. The number of rotatable bonds is 53. The zero-order chi connectivity index (χ0) is 51.3. The van der Waals surface area contributed by atoms with E-state index in [1.54, 1.807) is 0 Å². The first-order valence-corrected chi connectivity index (χ1v) is 30.5. The van der Waals surface area contributed by atoms with Crippen LogP contribution in [0.5, 0.6) is 0 Å². The van der Waals surface area contributed by atoms with Gasteiger partial charge in [0, 0.05) is 12.8 Å². The number of hydrogen-bond donors (Lipinski definition) is 0. The first-order valence-electron chi connectivity index (χ1n) is 29.0. The number of quaternary nitrogens is 1. The van der Waals surface area contributed by atoms with Crippen LogP contribution in [0.15, 0.2) is 60.8 Å². The number of ether oxygens (including phenoxy) is 2. The monoisotopic (exact) mass is 1000 g/mol. The molecule has 2 atom stereocenters. The van der Waals surface area contributed by atoms with E-state index in [4.69, 9.17) is 18.5 Å². The first-order chi connectivity index (χ1) is 34.0. The highest BCUT2D eigenvalue weighted by atomic mass is 31.2. The normalized spacial score (nSPS) is 13.7. The summed E-state index contributed by atoms with van der Waals surface area (Å²) in [5, 5.41) is 0. The van der Waals surface area contributed by atoms with Crippen molar-refractivity contribution >= 4 is 19.8 Å². The van der Waals surface area contributed by atoms with Crippen molar-refractivity contribution in [2.24, 2.45) is 0 Å². The van der Waals surface area contributed by atoms with Crippen molar-refractivity contribution in [3.63, 3.8) is 0 Å². The predicted octanol–water partition coefficient (Wildman–Crippen LogP) is 17.3. The summed E-state index contributed by atoms with van der Waals surface area (Å²) in [6.45, 7) is 4.15. The highest BCUT2D eigenvalue weighted by Gasteiger charge is 2.22. The van der Waals surface area contributed by atoms with Gasteiger partial charge in [-0.3, -0.25) is 14.2 Å². The van der Waals surface area contributed by atoms with Crippen molar-refractivity contribution in [2.45, 2.75) is 264 Å². The molecule has 10 heteroatoms. The van der Waals surface area contributed by atoms with E-state index in [1.165, 1.54) is 154 Å². The number of unbranched alkanes of at least 4 members (excludes halogenated alkanes) is 29. The number of likely N-dealkylation sites (N-methyl/N-ethyl adjacent to an activating group) is 1. The van der Waals surface area contributed by atoms with Gasteiger partial charge in [-0.15, -0.1) is 0 Å². The highest BCUT2D eigenvalue weighted by Crippen LogP contribution is 2.38. The summed E-state index contributed by atoms with van der Waals surface area (Å²) in [4.78, 5) is 37.9. The standard InChI is InChI=1S/C60H110NO8P/c1-6-8-10-12-14-16-18-20-22-24-26-28-30-32-34-36-38-40-42-44-46-48-50-52-59(62)66-56-58(57-68-70(64,65)67-55-54-61(3,4)5)69-60(63)53-51-49-47-45-43-41-39-37-35-33-31-29-27-25-23-21-19-17-15-13-11-9-7-2/h9,11,15,17,21,23-24,26-27,29,58H,6-8,10,12-14,16,18-20,22,25,28,30-57H2,1-5H3/b11-9-,17-15-,23-21-,26-24-,29-27-. The molecule has 0 aliphatic rings. The first kappa shape index (κ1) is 67.7. The lowest BCUT2D eigenvalue weighted by Crippen LogP contribution is -2.37. The van der Waals surface area contributed by atoms with Gasteiger partial charge in [0.15, 0.2) is 6.10 Å². The van der Waals surface area contributed by atoms with Crippen LogP contribution in [0.1, 0.15) is 258 Å². The largest absolute Gasteiger partial charge is 0.756 e. The van der Waals surface area contributed by atoms with Gasteiger partial charge in [0.05, 0.1) is 27.7 Å². The minimum Gasteiger partial charge on any atom is -0.756 e. The Bertz CT molecular complexity index is 1370. The second-order valence-corrected chi connectivity index (χ2v) is 22.0. The number of carbonyl (C=O) groups is 2. The molecule has 70 heavy (non-hydrogen) atoms. The van der Waals surface area contributed by atoms with Gasteiger partial charge in [-0.1, -0.05) is 229 Å². The Kier molecular flexibility index (Phi) is 49.9. The van der Waals surface area contributed by atoms with Gasteiger partial charge >= 0.3 is 11.9 Å². The van der Waals surface area contributed by atoms with E-state index in [-0.39, 0.29) is 32.0 Å². The Balaban J connectivity index is 4.17. The maximum atomic E-state index is 12.8. The molecule has 0 N–H and O–H groups in total. The van der Waals surface area contributed by atoms with Gasteiger partial charge in [0.1, 0.15) is 19.8 Å². The molecule has 0 bridgehead atoms. The lowest BCUT2D eigenvalue weighted by atomic mass is 10.0. The molecule has 408 valence electrons. The predicted molar refractivity (Wildman–Crippen MR) is 296 cm³/mol. The average Bonchev–Trinajstić information content (AvgIpc) is 3.32. The van der Waals surface area contributed by atoms with Crippen LogP contribution in [0, 0.1) is 0 Å². The summed E-state index contributed by atoms with van der Waals surface area (Å²) in [5.41, 5.74) is 0. The Morgan fingerprint density at radius 1 is 0.457 bits per heavy atom. The van der Waals surface area contributed by atoms with Gasteiger partial charge in [-0.05, 0) is 77.0 Å². The second-order valence-electron chi connectivity index (χ2n) is 20.6. The molecule has 0 saturated carbocycles. The molecule has 0 amide bonds. The molecule has 0 saturated heterocycles. The number of allylic oxidation sites excluding steroid dienone is 10. The number of nitrogens with zero attached hydrogens (tertiary/aromatic N) is 1. The lowest BCUT2D eigenvalue weighted by Gasteiger charge is -2.28. The number of esters is 2. The summed E-state index contributed by atoms with van der Waals surface area (Å²) >= 11 is 0. The zero-order valence-corrected chi connectivity index (χ0v) is 47.1. The minimum atomic E-state index is -4.64. The van der Waals surface area contributed by atoms with Crippen molar-refractivity contribution in [1.29, 1.82) is 0 Å². The van der Waals surface area contributed by atoms with E-state index >= 15 is 0 Å². The topological polar surface area (TPSA) is 111 Å². The SMILES string of the molecule is CC/C=C\C/C=C\C/C=C\C/C=C\CCCCCCCCCCCCC(=O)OC(COC(=O)CCCCCCCCCCCCC/C=C\CCCCCCCCCC)COP(=O)([O-])OCC[N+](C)(C)C. The third kappa shape index (κ3) is 55.0. The molecule has 0 aromatic carbocycles. The Labute approximate surface area is 432 Å². The smallest absolute Gasteiger partial charge is 0.306 e. The molecule has 0 radical (unpaired) electrons. The van der Waals surface area contributed by atoms with Crippen LogP contribution < -0.4 is 4.89 Å². The maximum Gasteiger partial charge on any atom is 0.306 e. The molecule has 0 rings (SSSR count). The highest BCUT2D eigenvalue weighted by molar-refractivity contribution is 7.45.